The minimum absolute atomic E-state index is 0.0173. The lowest BCUT2D eigenvalue weighted by molar-refractivity contribution is 0.148. The van der Waals surface area contributed by atoms with Gasteiger partial charge in [-0.2, -0.15) is 0 Å². The van der Waals surface area contributed by atoms with Gasteiger partial charge in [0.15, 0.2) is 0 Å². The number of carbonyl (C=O) groups is 1. The van der Waals surface area contributed by atoms with E-state index in [1.54, 1.807) is 0 Å². The molecule has 2 aliphatic heterocycles. The quantitative estimate of drug-likeness (QED) is 0.839. The summed E-state index contributed by atoms with van der Waals surface area (Å²) in [7, 11) is -2.98. The van der Waals surface area contributed by atoms with Crippen molar-refractivity contribution in [1.82, 2.24) is 10.2 Å². The lowest BCUT2D eigenvalue weighted by Gasteiger charge is -2.38. The monoisotopic (exact) mass is 274 g/mol. The molecule has 0 aliphatic carbocycles. The molecular weight excluding hydrogens is 252 g/mol. The van der Waals surface area contributed by atoms with Crippen LogP contribution in [0.4, 0.5) is 4.79 Å². The Morgan fingerprint density at radius 2 is 1.83 bits per heavy atom. The Hall–Kier alpha value is -0.780. The van der Waals surface area contributed by atoms with E-state index in [1.807, 2.05) is 11.8 Å². The van der Waals surface area contributed by atoms with Crippen molar-refractivity contribution in [3.63, 3.8) is 0 Å². The third-order valence-electron chi connectivity index (χ3n) is 4.06. The zero-order valence-electron chi connectivity index (χ0n) is 11.1. The van der Waals surface area contributed by atoms with Gasteiger partial charge >= 0.3 is 6.03 Å². The second-order valence-electron chi connectivity index (χ2n) is 5.45. The van der Waals surface area contributed by atoms with Crippen LogP contribution in [0, 0.1) is 0 Å². The van der Waals surface area contributed by atoms with E-state index in [-0.39, 0.29) is 23.4 Å². The topological polar surface area (TPSA) is 66.5 Å². The Kier molecular flexibility index (Phi) is 3.84. The van der Waals surface area contributed by atoms with Gasteiger partial charge in [0.05, 0.1) is 5.25 Å². The van der Waals surface area contributed by atoms with Gasteiger partial charge in [0.1, 0.15) is 9.84 Å². The van der Waals surface area contributed by atoms with E-state index in [1.165, 1.54) is 6.26 Å². The summed E-state index contributed by atoms with van der Waals surface area (Å²) >= 11 is 0. The van der Waals surface area contributed by atoms with Crippen molar-refractivity contribution in [2.24, 2.45) is 0 Å². The second kappa shape index (κ2) is 5.07. The highest BCUT2D eigenvalue weighted by Crippen LogP contribution is 2.37. The van der Waals surface area contributed by atoms with Crippen molar-refractivity contribution in [1.29, 1.82) is 0 Å². The van der Waals surface area contributed by atoms with Crippen LogP contribution in [0.1, 0.15) is 39.0 Å². The number of sulfone groups is 1. The summed E-state index contributed by atoms with van der Waals surface area (Å²) in [6, 6.07) is 0.206. The third-order valence-corrected chi connectivity index (χ3v) is 5.65. The van der Waals surface area contributed by atoms with Crippen molar-refractivity contribution in [2.75, 3.05) is 12.8 Å². The molecule has 2 saturated heterocycles. The Morgan fingerprint density at radius 1 is 1.28 bits per heavy atom. The number of amides is 2. The van der Waals surface area contributed by atoms with E-state index in [4.69, 9.17) is 0 Å². The number of piperidine rings is 1. The summed E-state index contributed by atoms with van der Waals surface area (Å²) < 4.78 is 23.3. The van der Waals surface area contributed by atoms with Gasteiger partial charge in [-0.25, -0.2) is 13.2 Å². The van der Waals surface area contributed by atoms with E-state index in [0.29, 0.717) is 19.4 Å². The van der Waals surface area contributed by atoms with Gasteiger partial charge in [0.2, 0.25) is 0 Å². The van der Waals surface area contributed by atoms with E-state index < -0.39 is 9.84 Å². The van der Waals surface area contributed by atoms with Crippen molar-refractivity contribution in [3.05, 3.63) is 0 Å². The molecular formula is C12H22N2O3S. The number of rotatable bonds is 3. The number of nitrogens with one attached hydrogen (secondary N) is 1. The van der Waals surface area contributed by atoms with Crippen LogP contribution < -0.4 is 5.32 Å². The lowest BCUT2D eigenvalue weighted by Crippen LogP contribution is -2.53. The number of fused-ring (bicyclic) bond motifs is 2. The molecule has 0 aromatic heterocycles. The molecule has 2 unspecified atom stereocenters. The van der Waals surface area contributed by atoms with Gasteiger partial charge in [0.25, 0.3) is 0 Å². The fourth-order valence-electron chi connectivity index (χ4n) is 3.13. The van der Waals surface area contributed by atoms with Crippen LogP contribution in [0.15, 0.2) is 0 Å². The van der Waals surface area contributed by atoms with Crippen molar-refractivity contribution >= 4 is 15.9 Å². The molecule has 0 radical (unpaired) electrons. The number of carbonyl (C=O) groups excluding carboxylic acids is 1. The molecule has 2 bridgehead atoms. The van der Waals surface area contributed by atoms with Crippen LogP contribution in [0.3, 0.4) is 0 Å². The molecule has 2 aliphatic rings. The summed E-state index contributed by atoms with van der Waals surface area (Å²) in [4.78, 5) is 13.9. The maximum Gasteiger partial charge on any atom is 0.317 e. The summed E-state index contributed by atoms with van der Waals surface area (Å²) in [5.74, 6) is 0. The first-order valence-corrected chi connectivity index (χ1v) is 8.64. The second-order valence-corrected chi connectivity index (χ2v) is 7.77. The summed E-state index contributed by atoms with van der Waals surface area (Å²) in [6.45, 7) is 2.70. The maximum atomic E-state index is 12.0. The molecule has 0 spiro atoms. The van der Waals surface area contributed by atoms with Crippen molar-refractivity contribution in [2.45, 2.75) is 56.4 Å². The largest absolute Gasteiger partial charge is 0.338 e. The van der Waals surface area contributed by atoms with Crippen LogP contribution >= 0.6 is 0 Å². The fraction of sp³-hybridized carbons (Fsp3) is 0.917. The molecule has 2 amide bonds. The summed E-state index contributed by atoms with van der Waals surface area (Å²) in [5.41, 5.74) is 0. The summed E-state index contributed by atoms with van der Waals surface area (Å²) in [5, 5.41) is 2.63. The molecule has 0 aromatic rings. The predicted molar refractivity (Wildman–Crippen MR) is 70.2 cm³/mol. The predicted octanol–water partition coefficient (Wildman–Crippen LogP) is 1.15. The maximum absolute atomic E-state index is 12.0. The normalized spacial score (nSPS) is 31.4. The van der Waals surface area contributed by atoms with Crippen LogP contribution in [-0.4, -0.2) is 49.5 Å². The Morgan fingerprint density at radius 3 is 2.28 bits per heavy atom. The van der Waals surface area contributed by atoms with Crippen LogP contribution in [0.25, 0.3) is 0 Å². The van der Waals surface area contributed by atoms with E-state index in [2.05, 4.69) is 5.32 Å². The highest BCUT2D eigenvalue weighted by Gasteiger charge is 2.45. The minimum Gasteiger partial charge on any atom is -0.338 e. The van der Waals surface area contributed by atoms with Crippen molar-refractivity contribution < 1.29 is 13.2 Å². The molecule has 2 fully saturated rings. The van der Waals surface area contributed by atoms with Crippen LogP contribution in [0.5, 0.6) is 0 Å². The van der Waals surface area contributed by atoms with Gasteiger partial charge < -0.3 is 10.2 Å². The highest BCUT2D eigenvalue weighted by atomic mass is 32.2. The molecule has 104 valence electrons. The lowest BCUT2D eigenvalue weighted by atomic mass is 10.0. The number of hydrogen-bond acceptors (Lipinski definition) is 3. The molecule has 6 heteroatoms. The van der Waals surface area contributed by atoms with Gasteiger partial charge in [-0.15, -0.1) is 0 Å². The first-order chi connectivity index (χ1) is 8.43. The highest BCUT2D eigenvalue weighted by molar-refractivity contribution is 7.91. The third kappa shape index (κ3) is 2.63. The molecule has 5 nitrogen and oxygen atoms in total. The average molecular weight is 274 g/mol. The van der Waals surface area contributed by atoms with E-state index in [9.17, 15) is 13.2 Å². The molecule has 1 N–H and O–H groups in total. The van der Waals surface area contributed by atoms with E-state index in [0.717, 1.165) is 19.3 Å². The standard InChI is InChI=1S/C12H22N2O3S/c1-3-6-13-12(15)14-9-4-5-10(14)8-11(7-9)18(2,16)17/h9-11H,3-8H2,1-2H3,(H,13,15). The smallest absolute Gasteiger partial charge is 0.317 e. The summed E-state index contributed by atoms with van der Waals surface area (Å²) in [6.07, 6.45) is 5.32. The Balaban J connectivity index is 2.04. The minimum atomic E-state index is -2.98. The fourth-order valence-corrected chi connectivity index (χ4v) is 4.27. The van der Waals surface area contributed by atoms with Gasteiger partial charge in [-0.3, -0.25) is 0 Å². The molecule has 2 heterocycles. The van der Waals surface area contributed by atoms with Gasteiger partial charge in [0, 0.05) is 24.9 Å². The average Bonchev–Trinajstić information content (AvgIpc) is 2.55. The first-order valence-electron chi connectivity index (χ1n) is 6.68. The number of hydrogen-bond donors (Lipinski definition) is 1. The van der Waals surface area contributed by atoms with Crippen LogP contribution in [-0.2, 0) is 9.84 Å². The number of nitrogens with zero attached hydrogens (tertiary/aromatic N) is 1. The first kappa shape index (κ1) is 13.6. The molecule has 0 saturated carbocycles. The Labute approximate surface area is 109 Å². The van der Waals surface area contributed by atoms with Gasteiger partial charge in [-0.1, -0.05) is 6.92 Å². The SMILES string of the molecule is CCCNC(=O)N1C2CCC1CC(S(C)(=O)=O)C2. The Bertz CT molecular complexity index is 407. The zero-order valence-corrected chi connectivity index (χ0v) is 11.9. The zero-order chi connectivity index (χ0) is 13.3. The molecule has 2 atom stereocenters. The molecule has 18 heavy (non-hydrogen) atoms. The molecule has 0 aromatic carbocycles. The van der Waals surface area contributed by atoms with Crippen molar-refractivity contribution in [3.8, 4) is 0 Å². The van der Waals surface area contributed by atoms with Gasteiger partial charge in [-0.05, 0) is 32.1 Å². The van der Waals surface area contributed by atoms with E-state index >= 15 is 0 Å². The molecule has 2 rings (SSSR count). The number of urea groups is 1. The van der Waals surface area contributed by atoms with Crippen LogP contribution in [0.2, 0.25) is 0 Å².